The minimum absolute atomic E-state index is 0.121. The summed E-state index contributed by atoms with van der Waals surface area (Å²) in [5.74, 6) is 0. The van der Waals surface area contributed by atoms with Gasteiger partial charge in [-0.1, -0.05) is 72.8 Å². The molecule has 6 heteroatoms. The fourth-order valence-electron chi connectivity index (χ4n) is 2.82. The van der Waals surface area contributed by atoms with Crippen molar-refractivity contribution in [1.29, 1.82) is 0 Å². The molecule has 0 fully saturated rings. The van der Waals surface area contributed by atoms with Crippen molar-refractivity contribution in [2.45, 2.75) is 18.7 Å². The third kappa shape index (κ3) is 7.18. The molecule has 0 aromatic heterocycles. The number of sulfonamides is 1. The van der Waals surface area contributed by atoms with Crippen molar-refractivity contribution >= 4 is 40.3 Å². The summed E-state index contributed by atoms with van der Waals surface area (Å²) in [6, 6.07) is 26.0. The molecule has 3 aromatic rings. The minimum Gasteiger partial charge on any atom is -0.279 e. The van der Waals surface area contributed by atoms with Crippen LogP contribution < -0.4 is 5.43 Å². The first-order valence-corrected chi connectivity index (χ1v) is 11.5. The maximum atomic E-state index is 12.5. The zero-order chi connectivity index (χ0) is 22.8. The van der Waals surface area contributed by atoms with Gasteiger partial charge in [0.15, 0.2) is 0 Å². The molecule has 0 aliphatic heterocycles. The van der Waals surface area contributed by atoms with Crippen LogP contribution >= 0.6 is 0 Å². The van der Waals surface area contributed by atoms with Crippen molar-refractivity contribution in [2.24, 2.45) is 9.50 Å². The zero-order valence-electron chi connectivity index (χ0n) is 18.0. The Kier molecular flexibility index (Phi) is 7.89. The monoisotopic (exact) mass is 443 g/mol. The van der Waals surface area contributed by atoms with Crippen molar-refractivity contribution in [2.75, 3.05) is 5.43 Å². The zero-order valence-corrected chi connectivity index (χ0v) is 18.8. The van der Waals surface area contributed by atoms with Gasteiger partial charge in [-0.3, -0.25) is 5.43 Å². The van der Waals surface area contributed by atoms with E-state index in [1.165, 1.54) is 18.3 Å². The first kappa shape index (κ1) is 22.9. The fraction of sp³-hybridized carbons (Fsp3) is 0.0769. The Bertz CT molecular complexity index is 1240. The first-order valence-electron chi connectivity index (χ1n) is 10.1. The van der Waals surface area contributed by atoms with E-state index in [2.05, 4.69) is 14.9 Å². The van der Waals surface area contributed by atoms with E-state index in [1.54, 1.807) is 18.3 Å². The van der Waals surface area contributed by atoms with Crippen molar-refractivity contribution in [3.8, 4) is 0 Å². The van der Waals surface area contributed by atoms with Gasteiger partial charge >= 0.3 is 0 Å². The quantitative estimate of drug-likeness (QED) is 0.340. The summed E-state index contributed by atoms with van der Waals surface area (Å²) in [5, 5.41) is 4.20. The maximum Gasteiger partial charge on any atom is 0.282 e. The molecule has 0 atom stereocenters. The Hall–Kier alpha value is -3.77. The summed E-state index contributed by atoms with van der Waals surface area (Å²) in [6.07, 6.45) is 6.97. The lowest BCUT2D eigenvalue weighted by Gasteiger charge is -2.03. The minimum atomic E-state index is -3.78. The molecule has 3 aromatic carbocycles. The second kappa shape index (κ2) is 11.0. The normalized spacial score (nSPS) is 13.1. The van der Waals surface area contributed by atoms with Crippen LogP contribution in [-0.2, 0) is 10.0 Å². The van der Waals surface area contributed by atoms with Crippen LogP contribution in [0.2, 0.25) is 0 Å². The van der Waals surface area contributed by atoms with Gasteiger partial charge in [-0.2, -0.15) is 17.9 Å². The summed E-state index contributed by atoms with van der Waals surface area (Å²) in [4.78, 5) is 0.121. The lowest BCUT2D eigenvalue weighted by molar-refractivity contribution is 0.598. The summed E-state index contributed by atoms with van der Waals surface area (Å²) < 4.78 is 28.8. The third-order valence-electron chi connectivity index (χ3n) is 4.40. The number of hydrogen-bond acceptors (Lipinski definition) is 4. The largest absolute Gasteiger partial charge is 0.282 e. The van der Waals surface area contributed by atoms with Crippen molar-refractivity contribution < 1.29 is 8.42 Å². The van der Waals surface area contributed by atoms with Gasteiger partial charge in [0.25, 0.3) is 10.0 Å². The topological polar surface area (TPSA) is 70.9 Å². The van der Waals surface area contributed by atoms with Crippen LogP contribution in [0.1, 0.15) is 25.0 Å². The Morgan fingerprint density at radius 1 is 0.719 bits per heavy atom. The smallest absolute Gasteiger partial charge is 0.279 e. The summed E-state index contributed by atoms with van der Waals surface area (Å²) in [6.45, 7) is 3.77. The number of allylic oxidation sites excluding steroid dienone is 2. The molecule has 0 aliphatic rings. The average Bonchev–Trinajstić information content (AvgIpc) is 2.79. The number of benzene rings is 3. The molecule has 0 bridgehead atoms. The molecule has 0 aliphatic carbocycles. The highest BCUT2D eigenvalue weighted by atomic mass is 32.2. The van der Waals surface area contributed by atoms with Gasteiger partial charge in [-0.05, 0) is 60.4 Å². The van der Waals surface area contributed by atoms with E-state index in [1.807, 2.05) is 86.7 Å². The van der Waals surface area contributed by atoms with E-state index in [0.717, 1.165) is 22.3 Å². The fourth-order valence-corrected chi connectivity index (χ4v) is 3.73. The Morgan fingerprint density at radius 3 is 1.75 bits per heavy atom. The highest BCUT2D eigenvalue weighted by Gasteiger charge is 2.11. The first-order chi connectivity index (χ1) is 15.4. The Morgan fingerprint density at radius 2 is 1.22 bits per heavy atom. The third-order valence-corrected chi connectivity index (χ3v) is 5.65. The van der Waals surface area contributed by atoms with Crippen molar-refractivity contribution in [3.05, 3.63) is 107 Å². The molecule has 5 nitrogen and oxygen atoms in total. The Labute approximate surface area is 189 Å². The Balaban J connectivity index is 1.61. The van der Waals surface area contributed by atoms with Crippen LogP contribution in [-0.4, -0.2) is 20.8 Å². The molecule has 0 spiro atoms. The number of nitrogens with one attached hydrogen (secondary N) is 1. The van der Waals surface area contributed by atoms with E-state index in [-0.39, 0.29) is 4.90 Å². The second-order valence-corrected chi connectivity index (χ2v) is 8.83. The van der Waals surface area contributed by atoms with Crippen LogP contribution in [0.15, 0.2) is 110 Å². The summed E-state index contributed by atoms with van der Waals surface area (Å²) in [5.41, 5.74) is 7.39. The number of nitrogens with zero attached hydrogens (tertiary/aromatic N) is 2. The van der Waals surface area contributed by atoms with Gasteiger partial charge < -0.3 is 0 Å². The highest BCUT2D eigenvalue weighted by Crippen LogP contribution is 2.16. The van der Waals surface area contributed by atoms with E-state index in [0.29, 0.717) is 5.69 Å². The molecule has 0 saturated heterocycles. The molecular weight excluding hydrogens is 418 g/mol. The summed E-state index contributed by atoms with van der Waals surface area (Å²) >= 11 is 0. The number of rotatable bonds is 8. The molecule has 1 N–H and O–H groups in total. The molecule has 32 heavy (non-hydrogen) atoms. The SMILES string of the molecule is CC(/C=N/Nc1ccc(S(=O)(=O)/N=C/C(C)=C/c2ccccc2)cc1)=C\c1ccccc1. The molecule has 0 unspecified atom stereocenters. The van der Waals surface area contributed by atoms with Gasteiger partial charge in [0, 0.05) is 6.21 Å². The van der Waals surface area contributed by atoms with Gasteiger partial charge in [0.1, 0.15) is 0 Å². The molecule has 0 saturated carbocycles. The van der Waals surface area contributed by atoms with Crippen molar-refractivity contribution in [1.82, 2.24) is 0 Å². The predicted molar refractivity (Wildman–Crippen MR) is 134 cm³/mol. The number of hydrogen-bond donors (Lipinski definition) is 1. The average molecular weight is 444 g/mol. The van der Waals surface area contributed by atoms with Crippen LogP contribution in [0.5, 0.6) is 0 Å². The number of hydrazone groups is 1. The molecule has 162 valence electrons. The van der Waals surface area contributed by atoms with Gasteiger partial charge in [0.2, 0.25) is 0 Å². The lowest BCUT2D eigenvalue weighted by Crippen LogP contribution is -1.98. The highest BCUT2D eigenvalue weighted by molar-refractivity contribution is 7.90. The second-order valence-electron chi connectivity index (χ2n) is 7.20. The maximum absolute atomic E-state index is 12.5. The van der Waals surface area contributed by atoms with Crippen LogP contribution in [0, 0.1) is 0 Å². The molecule has 0 radical (unpaired) electrons. The lowest BCUT2D eigenvalue weighted by atomic mass is 10.1. The van der Waals surface area contributed by atoms with E-state index >= 15 is 0 Å². The van der Waals surface area contributed by atoms with E-state index in [4.69, 9.17) is 0 Å². The molecule has 0 heterocycles. The van der Waals surface area contributed by atoms with Crippen molar-refractivity contribution in [3.63, 3.8) is 0 Å². The summed E-state index contributed by atoms with van der Waals surface area (Å²) in [7, 11) is -3.78. The molecular formula is C26H25N3O2S. The van der Waals surface area contributed by atoms with Crippen LogP contribution in [0.4, 0.5) is 5.69 Å². The van der Waals surface area contributed by atoms with Crippen LogP contribution in [0.25, 0.3) is 12.2 Å². The number of anilines is 1. The molecule has 3 rings (SSSR count). The van der Waals surface area contributed by atoms with Gasteiger partial charge in [-0.15, -0.1) is 0 Å². The molecule has 0 amide bonds. The van der Waals surface area contributed by atoms with E-state index in [9.17, 15) is 8.42 Å². The predicted octanol–water partition coefficient (Wildman–Crippen LogP) is 6.05. The van der Waals surface area contributed by atoms with Gasteiger partial charge in [-0.25, -0.2) is 0 Å². The van der Waals surface area contributed by atoms with E-state index < -0.39 is 10.0 Å². The van der Waals surface area contributed by atoms with Gasteiger partial charge in [0.05, 0.1) is 16.8 Å². The standard InChI is InChI=1S/C26H25N3O2S/c1-21(17-23-9-5-3-6-10-23)19-27-29-25-13-15-26(16-14-25)32(30,31)28-20-22(2)18-24-11-7-4-8-12-24/h3-20,29H,1-2H3/b21-17+,22-18+,27-19+,28-20+. The van der Waals surface area contributed by atoms with Crippen LogP contribution in [0.3, 0.4) is 0 Å².